The van der Waals surface area contributed by atoms with Gasteiger partial charge in [-0.05, 0) is 56.7 Å². The molecule has 0 unspecified atom stereocenters. The molecule has 3 rings (SSSR count). The second kappa shape index (κ2) is 7.24. The van der Waals surface area contributed by atoms with Crippen LogP contribution < -0.4 is 16.0 Å². The Balaban J connectivity index is 1.47. The van der Waals surface area contributed by atoms with Crippen LogP contribution in [0.1, 0.15) is 45.8 Å². The first-order valence-electron chi connectivity index (χ1n) is 8.12. The topological polar surface area (TPSA) is 70.2 Å². The van der Waals surface area contributed by atoms with Crippen molar-refractivity contribution >= 4 is 23.2 Å². The van der Waals surface area contributed by atoms with E-state index >= 15 is 0 Å². The number of rotatable bonds is 4. The average molecular weight is 321 g/mol. The molecule has 1 aromatic rings. The third-order valence-corrected chi connectivity index (χ3v) is 5.53. The van der Waals surface area contributed by atoms with Crippen LogP contribution in [-0.2, 0) is 17.6 Å². The molecule has 1 saturated heterocycles. The molecule has 2 amide bonds. The smallest absolute Gasteiger partial charge is 0.261 e. The van der Waals surface area contributed by atoms with Gasteiger partial charge in [-0.15, -0.1) is 11.3 Å². The highest BCUT2D eigenvalue weighted by atomic mass is 32.1. The molecule has 0 spiro atoms. The molecule has 0 bridgehead atoms. The molecule has 3 N–H and O–H groups in total. The lowest BCUT2D eigenvalue weighted by Gasteiger charge is -2.23. The molecule has 6 heteroatoms. The second-order valence-electron chi connectivity index (χ2n) is 6.06. The number of fused-ring (bicyclic) bond motifs is 1. The van der Waals surface area contributed by atoms with Crippen molar-refractivity contribution in [1.29, 1.82) is 0 Å². The van der Waals surface area contributed by atoms with Crippen LogP contribution in [0.15, 0.2) is 6.07 Å². The molecule has 2 heterocycles. The fourth-order valence-corrected chi connectivity index (χ4v) is 4.27. The summed E-state index contributed by atoms with van der Waals surface area (Å²) in [5, 5.41) is 8.96. The van der Waals surface area contributed by atoms with Crippen LogP contribution in [0, 0.1) is 0 Å². The average Bonchev–Trinajstić information content (AvgIpc) is 2.98. The van der Waals surface area contributed by atoms with Gasteiger partial charge in [-0.1, -0.05) is 0 Å². The number of aryl methyl sites for hydroxylation is 2. The summed E-state index contributed by atoms with van der Waals surface area (Å²) in [5.74, 6) is -0.236. The molecule has 0 saturated carbocycles. The van der Waals surface area contributed by atoms with Crippen molar-refractivity contribution in [2.75, 3.05) is 19.6 Å². The molecule has 22 heavy (non-hydrogen) atoms. The lowest BCUT2D eigenvalue weighted by molar-refractivity contribution is -0.120. The number of hydrogen-bond acceptors (Lipinski definition) is 4. The zero-order chi connectivity index (χ0) is 15.4. The van der Waals surface area contributed by atoms with Gasteiger partial charge in [-0.3, -0.25) is 9.59 Å². The van der Waals surface area contributed by atoms with Gasteiger partial charge in [0.1, 0.15) is 0 Å². The Morgan fingerprint density at radius 2 is 2.14 bits per heavy atom. The van der Waals surface area contributed by atoms with Crippen LogP contribution in [0.4, 0.5) is 0 Å². The van der Waals surface area contributed by atoms with Gasteiger partial charge in [0.15, 0.2) is 0 Å². The summed E-state index contributed by atoms with van der Waals surface area (Å²) in [5.41, 5.74) is 1.32. The summed E-state index contributed by atoms with van der Waals surface area (Å²) in [6.45, 7) is 1.89. The van der Waals surface area contributed by atoms with E-state index in [2.05, 4.69) is 16.0 Å². The van der Waals surface area contributed by atoms with Crippen molar-refractivity contribution in [2.45, 2.75) is 44.6 Å². The van der Waals surface area contributed by atoms with E-state index in [1.165, 1.54) is 23.3 Å². The lowest BCUT2D eigenvalue weighted by Crippen LogP contribution is -2.48. The summed E-state index contributed by atoms with van der Waals surface area (Å²) < 4.78 is 0. The Labute approximate surface area is 134 Å². The highest BCUT2D eigenvalue weighted by Gasteiger charge is 2.19. The summed E-state index contributed by atoms with van der Waals surface area (Å²) >= 11 is 1.58. The van der Waals surface area contributed by atoms with Gasteiger partial charge in [0.2, 0.25) is 5.91 Å². The minimum Gasteiger partial charge on any atom is -0.351 e. The Kier molecular flexibility index (Phi) is 5.10. The molecule has 1 fully saturated rings. The number of amides is 2. The van der Waals surface area contributed by atoms with Crippen LogP contribution in [0.3, 0.4) is 0 Å². The van der Waals surface area contributed by atoms with Crippen LogP contribution in [-0.4, -0.2) is 37.5 Å². The first-order chi connectivity index (χ1) is 10.7. The molecule has 1 aliphatic carbocycles. The van der Waals surface area contributed by atoms with E-state index in [0.717, 1.165) is 43.6 Å². The normalized spacial score (nSPS) is 21.0. The first-order valence-corrected chi connectivity index (χ1v) is 8.94. The van der Waals surface area contributed by atoms with Crippen molar-refractivity contribution in [3.05, 3.63) is 21.4 Å². The third kappa shape index (κ3) is 3.87. The zero-order valence-electron chi connectivity index (χ0n) is 12.7. The molecule has 5 nitrogen and oxygen atoms in total. The quantitative estimate of drug-likeness (QED) is 0.781. The summed E-state index contributed by atoms with van der Waals surface area (Å²) in [4.78, 5) is 26.1. The molecular formula is C16H23N3O2S. The predicted molar refractivity (Wildman–Crippen MR) is 87.3 cm³/mol. The summed E-state index contributed by atoms with van der Waals surface area (Å²) in [6, 6.07) is 2.18. The van der Waals surface area contributed by atoms with Crippen molar-refractivity contribution in [2.24, 2.45) is 0 Å². The highest BCUT2D eigenvalue weighted by molar-refractivity contribution is 7.14. The maximum absolute atomic E-state index is 12.2. The number of hydrogen-bond donors (Lipinski definition) is 3. The predicted octanol–water partition coefficient (Wildman–Crippen LogP) is 1.22. The maximum atomic E-state index is 12.2. The Morgan fingerprint density at radius 1 is 1.27 bits per heavy atom. The number of thiophene rings is 1. The molecule has 2 aliphatic rings. The van der Waals surface area contributed by atoms with Gasteiger partial charge in [-0.2, -0.15) is 0 Å². The maximum Gasteiger partial charge on any atom is 0.261 e. The Bertz CT molecular complexity index is 526. The van der Waals surface area contributed by atoms with E-state index in [0.29, 0.717) is 0 Å². The minimum absolute atomic E-state index is 0.0535. The minimum atomic E-state index is -0.128. The summed E-state index contributed by atoms with van der Waals surface area (Å²) in [7, 11) is 0. The van der Waals surface area contributed by atoms with E-state index in [-0.39, 0.29) is 24.4 Å². The van der Waals surface area contributed by atoms with E-state index in [1.54, 1.807) is 11.3 Å². The van der Waals surface area contributed by atoms with E-state index in [9.17, 15) is 9.59 Å². The summed E-state index contributed by atoms with van der Waals surface area (Å²) in [6.07, 6.45) is 6.67. The van der Waals surface area contributed by atoms with Crippen molar-refractivity contribution in [1.82, 2.24) is 16.0 Å². The number of piperidine rings is 1. The SMILES string of the molecule is O=C(CNC(=O)c1cc2c(s1)CCCC2)N[C@H]1CCCNC1. The lowest BCUT2D eigenvalue weighted by atomic mass is 9.99. The van der Waals surface area contributed by atoms with Crippen molar-refractivity contribution < 1.29 is 9.59 Å². The Morgan fingerprint density at radius 3 is 2.91 bits per heavy atom. The first kappa shape index (κ1) is 15.5. The molecule has 120 valence electrons. The van der Waals surface area contributed by atoms with E-state index in [1.807, 2.05) is 6.07 Å². The zero-order valence-corrected chi connectivity index (χ0v) is 13.6. The van der Waals surface area contributed by atoms with Crippen LogP contribution in [0.5, 0.6) is 0 Å². The molecule has 0 radical (unpaired) electrons. The van der Waals surface area contributed by atoms with Crippen LogP contribution >= 0.6 is 11.3 Å². The van der Waals surface area contributed by atoms with Gasteiger partial charge in [-0.25, -0.2) is 0 Å². The monoisotopic (exact) mass is 321 g/mol. The molecular weight excluding hydrogens is 298 g/mol. The number of carbonyl (C=O) groups excluding carboxylic acids is 2. The number of nitrogens with one attached hydrogen (secondary N) is 3. The fourth-order valence-electron chi connectivity index (χ4n) is 3.10. The van der Waals surface area contributed by atoms with Gasteiger partial charge in [0, 0.05) is 17.5 Å². The number of carbonyl (C=O) groups is 2. The van der Waals surface area contributed by atoms with Crippen molar-refractivity contribution in [3.8, 4) is 0 Å². The van der Waals surface area contributed by atoms with Gasteiger partial charge < -0.3 is 16.0 Å². The van der Waals surface area contributed by atoms with Crippen molar-refractivity contribution in [3.63, 3.8) is 0 Å². The van der Waals surface area contributed by atoms with E-state index < -0.39 is 0 Å². The van der Waals surface area contributed by atoms with Gasteiger partial charge >= 0.3 is 0 Å². The Hall–Kier alpha value is -1.40. The van der Waals surface area contributed by atoms with Crippen LogP contribution in [0.2, 0.25) is 0 Å². The fraction of sp³-hybridized carbons (Fsp3) is 0.625. The van der Waals surface area contributed by atoms with Crippen LogP contribution in [0.25, 0.3) is 0 Å². The van der Waals surface area contributed by atoms with Gasteiger partial charge in [0.05, 0.1) is 11.4 Å². The third-order valence-electron chi connectivity index (χ3n) is 4.29. The molecule has 1 aromatic heterocycles. The molecule has 1 aliphatic heterocycles. The largest absolute Gasteiger partial charge is 0.351 e. The standard InChI is InChI=1S/C16H23N3O2S/c20-15(19-12-5-3-7-17-9-12)10-18-16(21)14-8-11-4-1-2-6-13(11)22-14/h8,12,17H,1-7,9-10H2,(H,18,21)(H,19,20)/t12-/m0/s1. The molecule has 0 aromatic carbocycles. The molecule has 1 atom stereocenters. The highest BCUT2D eigenvalue weighted by Crippen LogP contribution is 2.29. The van der Waals surface area contributed by atoms with Gasteiger partial charge in [0.25, 0.3) is 5.91 Å². The van der Waals surface area contributed by atoms with E-state index in [4.69, 9.17) is 0 Å². The second-order valence-corrected chi connectivity index (χ2v) is 7.20.